The van der Waals surface area contributed by atoms with Crippen molar-refractivity contribution in [1.82, 2.24) is 5.32 Å². The van der Waals surface area contributed by atoms with Crippen molar-refractivity contribution in [3.8, 4) is 11.5 Å². The summed E-state index contributed by atoms with van der Waals surface area (Å²) in [6, 6.07) is 18.0. The van der Waals surface area contributed by atoms with Crippen LogP contribution in [0.1, 0.15) is 28.4 Å². The molecule has 0 spiro atoms. The van der Waals surface area contributed by atoms with Crippen molar-refractivity contribution in [2.75, 3.05) is 24.4 Å². The van der Waals surface area contributed by atoms with Crippen molar-refractivity contribution < 1.29 is 29.0 Å². The van der Waals surface area contributed by atoms with Gasteiger partial charge in [0, 0.05) is 5.69 Å². The van der Waals surface area contributed by atoms with Crippen LogP contribution < -0.4 is 25.4 Å². The van der Waals surface area contributed by atoms with E-state index in [0.29, 0.717) is 28.4 Å². The summed E-state index contributed by atoms with van der Waals surface area (Å²) >= 11 is 0. The summed E-state index contributed by atoms with van der Waals surface area (Å²) in [5, 5.41) is 17.4. The zero-order valence-electron chi connectivity index (χ0n) is 20.3. The largest absolute Gasteiger partial charge is 0.495 e. The quantitative estimate of drug-likeness (QED) is 0.332. The first-order valence-corrected chi connectivity index (χ1v) is 11.3. The maximum Gasteiger partial charge on any atom is 0.335 e. The van der Waals surface area contributed by atoms with Crippen molar-refractivity contribution in [1.29, 1.82) is 0 Å². The lowest BCUT2D eigenvalue weighted by Gasteiger charge is -2.16. The zero-order valence-corrected chi connectivity index (χ0v) is 20.3. The summed E-state index contributed by atoms with van der Waals surface area (Å²) in [5.74, 6) is -0.262. The lowest BCUT2D eigenvalue weighted by molar-refractivity contribution is -0.121. The van der Waals surface area contributed by atoms with Crippen LogP contribution in [0, 0.1) is 6.92 Å². The van der Waals surface area contributed by atoms with Gasteiger partial charge in [0.15, 0.2) is 0 Å². The van der Waals surface area contributed by atoms with Gasteiger partial charge in [-0.15, -0.1) is 0 Å². The highest BCUT2D eigenvalue weighted by molar-refractivity contribution is 6.01. The molecular formula is C27H29N3O6. The number of nitrogens with one attached hydrogen (secondary N) is 3. The van der Waals surface area contributed by atoms with Crippen molar-refractivity contribution >= 4 is 29.3 Å². The third kappa shape index (κ3) is 7.49. The Kier molecular flexibility index (Phi) is 8.88. The van der Waals surface area contributed by atoms with Gasteiger partial charge in [-0.1, -0.05) is 24.3 Å². The molecule has 0 aliphatic carbocycles. The molecular weight excluding hydrogens is 462 g/mol. The first kappa shape index (κ1) is 26.1. The number of carboxylic acids is 1. The number of amides is 3. The third-order valence-corrected chi connectivity index (χ3v) is 5.28. The van der Waals surface area contributed by atoms with Crippen LogP contribution >= 0.6 is 0 Å². The second-order valence-corrected chi connectivity index (χ2v) is 8.21. The predicted molar refractivity (Wildman–Crippen MR) is 137 cm³/mol. The van der Waals surface area contributed by atoms with Crippen LogP contribution in [0.15, 0.2) is 66.7 Å². The number of urea groups is 1. The number of carbonyl (C=O) groups is 3. The topological polar surface area (TPSA) is 126 Å². The van der Waals surface area contributed by atoms with Gasteiger partial charge in [0.05, 0.1) is 30.8 Å². The summed E-state index contributed by atoms with van der Waals surface area (Å²) in [5.41, 5.74) is 3.01. The van der Waals surface area contributed by atoms with Crippen molar-refractivity contribution in [2.45, 2.75) is 26.3 Å². The van der Waals surface area contributed by atoms with Crippen LogP contribution in [-0.4, -0.2) is 42.8 Å². The van der Waals surface area contributed by atoms with Crippen molar-refractivity contribution in [2.24, 2.45) is 0 Å². The van der Waals surface area contributed by atoms with E-state index in [4.69, 9.17) is 14.6 Å². The van der Waals surface area contributed by atoms with Crippen LogP contribution in [0.2, 0.25) is 0 Å². The Morgan fingerprint density at radius 1 is 0.944 bits per heavy atom. The summed E-state index contributed by atoms with van der Waals surface area (Å²) in [6.07, 6.45) is 0.115. The Morgan fingerprint density at radius 3 is 2.31 bits per heavy atom. The predicted octanol–water partition coefficient (Wildman–Crippen LogP) is 4.47. The van der Waals surface area contributed by atoms with E-state index in [-0.39, 0.29) is 30.5 Å². The second kappa shape index (κ2) is 12.3. The van der Waals surface area contributed by atoms with Crippen LogP contribution in [0.3, 0.4) is 0 Å². The van der Waals surface area contributed by atoms with E-state index < -0.39 is 12.0 Å². The van der Waals surface area contributed by atoms with Gasteiger partial charge in [0.1, 0.15) is 18.1 Å². The van der Waals surface area contributed by atoms with E-state index in [2.05, 4.69) is 16.0 Å². The summed E-state index contributed by atoms with van der Waals surface area (Å²) < 4.78 is 11.0. The molecule has 9 nitrogen and oxygen atoms in total. The van der Waals surface area contributed by atoms with Gasteiger partial charge in [0.2, 0.25) is 5.91 Å². The molecule has 188 valence electrons. The van der Waals surface area contributed by atoms with Gasteiger partial charge in [-0.25, -0.2) is 9.59 Å². The fraction of sp³-hybridized carbons (Fsp3) is 0.222. The number of anilines is 2. The number of hydrogen-bond acceptors (Lipinski definition) is 5. The first-order chi connectivity index (χ1) is 17.2. The van der Waals surface area contributed by atoms with Crippen molar-refractivity contribution in [3.63, 3.8) is 0 Å². The van der Waals surface area contributed by atoms with Crippen LogP contribution in [0.5, 0.6) is 11.5 Å². The van der Waals surface area contributed by atoms with E-state index in [9.17, 15) is 14.4 Å². The molecule has 1 unspecified atom stereocenters. The molecule has 0 bridgehead atoms. The number of benzene rings is 3. The minimum atomic E-state index is -1.01. The third-order valence-electron chi connectivity index (χ3n) is 5.28. The number of aryl methyl sites for hydroxylation is 1. The van der Waals surface area contributed by atoms with E-state index in [1.165, 1.54) is 19.2 Å². The van der Waals surface area contributed by atoms with Crippen LogP contribution in [0.4, 0.5) is 16.2 Å². The Hall–Kier alpha value is -4.53. The molecule has 3 amide bonds. The number of hydrogen-bond donors (Lipinski definition) is 4. The number of para-hydroxylation sites is 1. The van der Waals surface area contributed by atoms with Crippen LogP contribution in [0.25, 0.3) is 0 Å². The normalized spacial score (nSPS) is 11.2. The molecule has 0 aromatic heterocycles. The zero-order chi connectivity index (χ0) is 26.1. The average Bonchev–Trinajstić information content (AvgIpc) is 2.85. The smallest absolute Gasteiger partial charge is 0.335 e. The van der Waals surface area contributed by atoms with E-state index in [1.54, 1.807) is 30.3 Å². The molecule has 3 rings (SSSR count). The molecule has 0 aliphatic heterocycles. The molecule has 0 radical (unpaired) electrons. The number of rotatable bonds is 10. The Bertz CT molecular complexity index is 1230. The standard InChI is InChI=1S/C27H29N3O6/c1-17-6-4-5-7-22(17)29-27(34)30-23-13-8-19(14-24(23)35-3)15-25(31)28-18(2)16-36-21-11-9-20(10-12-21)26(32)33/h4-14,18H,15-16H2,1-3H3,(H,28,31)(H,32,33)(H2,29,30,34). The maximum atomic E-state index is 12.5. The minimum absolute atomic E-state index is 0.115. The summed E-state index contributed by atoms with van der Waals surface area (Å²) in [6.45, 7) is 3.94. The second-order valence-electron chi connectivity index (χ2n) is 8.21. The highest BCUT2D eigenvalue weighted by Crippen LogP contribution is 2.26. The highest BCUT2D eigenvalue weighted by atomic mass is 16.5. The lowest BCUT2D eigenvalue weighted by Crippen LogP contribution is -2.37. The molecule has 4 N–H and O–H groups in total. The van der Waals surface area contributed by atoms with Crippen molar-refractivity contribution in [3.05, 3.63) is 83.4 Å². The lowest BCUT2D eigenvalue weighted by atomic mass is 10.1. The molecule has 0 fully saturated rings. The number of methoxy groups -OCH3 is 1. The van der Waals surface area contributed by atoms with E-state index >= 15 is 0 Å². The fourth-order valence-corrected chi connectivity index (χ4v) is 3.41. The number of ether oxygens (including phenoxy) is 2. The number of carbonyl (C=O) groups excluding carboxylic acids is 2. The molecule has 0 saturated carbocycles. The molecule has 3 aromatic carbocycles. The fourth-order valence-electron chi connectivity index (χ4n) is 3.41. The molecule has 36 heavy (non-hydrogen) atoms. The minimum Gasteiger partial charge on any atom is -0.495 e. The Balaban J connectivity index is 1.51. The van der Waals surface area contributed by atoms with E-state index in [0.717, 1.165) is 5.56 Å². The molecule has 1 atom stereocenters. The SMILES string of the molecule is COc1cc(CC(=O)NC(C)COc2ccc(C(=O)O)cc2)ccc1NC(=O)Nc1ccccc1C. The van der Waals surface area contributed by atoms with Gasteiger partial charge in [-0.2, -0.15) is 0 Å². The highest BCUT2D eigenvalue weighted by Gasteiger charge is 2.13. The average molecular weight is 492 g/mol. The monoisotopic (exact) mass is 491 g/mol. The summed E-state index contributed by atoms with van der Waals surface area (Å²) in [7, 11) is 1.49. The molecule has 3 aromatic rings. The molecule has 0 aliphatic rings. The maximum absolute atomic E-state index is 12.5. The Labute approximate surface area is 209 Å². The number of carboxylic acid groups (broad SMARTS) is 1. The molecule has 9 heteroatoms. The van der Waals surface area contributed by atoms with Crippen LogP contribution in [-0.2, 0) is 11.2 Å². The number of aromatic carboxylic acids is 1. The van der Waals surface area contributed by atoms with Gasteiger partial charge in [-0.05, 0) is 67.4 Å². The first-order valence-electron chi connectivity index (χ1n) is 11.3. The van der Waals surface area contributed by atoms with Gasteiger partial charge < -0.3 is 30.5 Å². The van der Waals surface area contributed by atoms with Gasteiger partial charge in [-0.3, -0.25) is 4.79 Å². The molecule has 0 saturated heterocycles. The van der Waals surface area contributed by atoms with Gasteiger partial charge in [0.25, 0.3) is 0 Å². The van der Waals surface area contributed by atoms with Gasteiger partial charge >= 0.3 is 12.0 Å². The summed E-state index contributed by atoms with van der Waals surface area (Å²) in [4.78, 5) is 35.8. The molecule has 0 heterocycles. The Morgan fingerprint density at radius 2 is 1.64 bits per heavy atom. The van der Waals surface area contributed by atoms with E-state index in [1.807, 2.05) is 38.1 Å².